The van der Waals surface area contributed by atoms with E-state index in [2.05, 4.69) is 180 Å². The van der Waals surface area contributed by atoms with Crippen LogP contribution in [0.4, 0.5) is 0 Å². The molecule has 0 bridgehead atoms. The molecule has 0 atom stereocenters. The molecule has 9 aromatic carbocycles. The second kappa shape index (κ2) is 14.2. The molecule has 0 aliphatic carbocycles. The van der Waals surface area contributed by atoms with Gasteiger partial charge in [0, 0.05) is 64.1 Å². The second-order valence-corrected chi connectivity index (χ2v) is 17.0. The maximum absolute atomic E-state index is 6.60. The van der Waals surface area contributed by atoms with Crippen molar-refractivity contribution < 1.29 is 4.42 Å². The molecule has 0 fully saturated rings. The van der Waals surface area contributed by atoms with Crippen molar-refractivity contribution in [1.82, 2.24) is 19.5 Å². The molecule has 0 saturated heterocycles. The van der Waals surface area contributed by atoms with Crippen molar-refractivity contribution in [3.05, 3.63) is 206 Å². The molecule has 294 valence electrons. The van der Waals surface area contributed by atoms with Gasteiger partial charge in [-0.1, -0.05) is 158 Å². The Morgan fingerprint density at radius 3 is 1.73 bits per heavy atom. The van der Waals surface area contributed by atoms with Crippen molar-refractivity contribution >= 4 is 75.3 Å². The summed E-state index contributed by atoms with van der Waals surface area (Å²) in [7, 11) is 0. The van der Waals surface area contributed by atoms with E-state index in [1.54, 1.807) is 11.3 Å². The zero-order chi connectivity index (χ0) is 41.4. The lowest BCUT2D eigenvalue weighted by Crippen LogP contribution is -2.00. The van der Waals surface area contributed by atoms with Gasteiger partial charge in [-0.15, -0.1) is 11.3 Å². The summed E-state index contributed by atoms with van der Waals surface area (Å²) in [6.45, 7) is 0. The smallest absolute Gasteiger partial charge is 0.164 e. The molecule has 0 radical (unpaired) electrons. The highest BCUT2D eigenvalue weighted by atomic mass is 32.1. The van der Waals surface area contributed by atoms with Crippen molar-refractivity contribution in [2.45, 2.75) is 0 Å². The van der Waals surface area contributed by atoms with Crippen LogP contribution >= 0.6 is 11.3 Å². The number of fused-ring (bicyclic) bond motifs is 9. The largest absolute Gasteiger partial charge is 0.456 e. The van der Waals surface area contributed by atoms with Crippen molar-refractivity contribution in [3.8, 4) is 62.1 Å². The zero-order valence-corrected chi connectivity index (χ0v) is 34.6. The van der Waals surface area contributed by atoms with Gasteiger partial charge in [-0.3, -0.25) is 0 Å². The predicted octanol–water partition coefficient (Wildman–Crippen LogP) is 15.6. The van der Waals surface area contributed by atoms with Crippen molar-refractivity contribution in [2.75, 3.05) is 0 Å². The lowest BCUT2D eigenvalue weighted by molar-refractivity contribution is 0.669. The third-order valence-corrected chi connectivity index (χ3v) is 13.4. The highest BCUT2D eigenvalue weighted by molar-refractivity contribution is 7.25. The van der Waals surface area contributed by atoms with Gasteiger partial charge in [-0.05, 0) is 70.8 Å². The summed E-state index contributed by atoms with van der Waals surface area (Å²) in [6.07, 6.45) is 0. The number of para-hydroxylation sites is 1. The average Bonchev–Trinajstić information content (AvgIpc) is 4.03. The normalized spacial score (nSPS) is 11.8. The van der Waals surface area contributed by atoms with Gasteiger partial charge in [0.2, 0.25) is 0 Å². The van der Waals surface area contributed by atoms with Crippen LogP contribution in [0.3, 0.4) is 0 Å². The fourth-order valence-electron chi connectivity index (χ4n) is 9.36. The van der Waals surface area contributed by atoms with E-state index in [1.807, 2.05) is 30.3 Å². The van der Waals surface area contributed by atoms with Crippen LogP contribution in [0.2, 0.25) is 0 Å². The lowest BCUT2D eigenvalue weighted by Gasteiger charge is -2.10. The van der Waals surface area contributed by atoms with Gasteiger partial charge in [-0.2, -0.15) is 0 Å². The number of hydrogen-bond donors (Lipinski definition) is 0. The van der Waals surface area contributed by atoms with E-state index in [0.717, 1.165) is 55.3 Å². The molecule has 0 unspecified atom stereocenters. The van der Waals surface area contributed by atoms with Gasteiger partial charge in [0.1, 0.15) is 11.2 Å². The molecule has 5 nitrogen and oxygen atoms in total. The molecule has 0 aliphatic rings. The fourth-order valence-corrected chi connectivity index (χ4v) is 10.5. The van der Waals surface area contributed by atoms with E-state index >= 15 is 0 Å². The van der Waals surface area contributed by atoms with Crippen LogP contribution in [0.1, 0.15) is 0 Å². The summed E-state index contributed by atoms with van der Waals surface area (Å²) in [5.41, 5.74) is 12.5. The average molecular weight is 823 g/mol. The quantitative estimate of drug-likeness (QED) is 0.168. The Hall–Kier alpha value is -8.19. The third-order valence-electron chi connectivity index (χ3n) is 12.3. The van der Waals surface area contributed by atoms with Crippen molar-refractivity contribution in [2.24, 2.45) is 0 Å². The topological polar surface area (TPSA) is 56.7 Å². The molecule has 13 aromatic rings. The second-order valence-electron chi connectivity index (χ2n) is 15.9. The molecule has 6 heteroatoms. The molecule has 0 saturated carbocycles. The standard InChI is InChI=1S/C57H34N4OS/c1-4-14-35(15-5-1)38-26-29-42-43-30-27-39(33-52(43)63-51(42)32-38)56-58-55(37-18-8-3-9-19-37)59-57(60-56)45-22-13-25-50-54(45)46-34-40(28-31-49(46)62-50)61-47-23-11-10-20-44(47)53-41(21-12-24-48(53)61)36-16-6-2-7-17-36/h1-34H. The van der Waals surface area contributed by atoms with Gasteiger partial charge >= 0.3 is 0 Å². The number of rotatable bonds is 6. The Morgan fingerprint density at radius 2 is 0.952 bits per heavy atom. The number of nitrogens with zero attached hydrogens (tertiary/aromatic N) is 4. The van der Waals surface area contributed by atoms with Crippen LogP contribution in [0.15, 0.2) is 211 Å². The Balaban J connectivity index is 0.989. The minimum absolute atomic E-state index is 0.589. The van der Waals surface area contributed by atoms with E-state index < -0.39 is 0 Å². The minimum atomic E-state index is 0.589. The molecule has 0 amide bonds. The molecule has 0 spiro atoms. The van der Waals surface area contributed by atoms with Crippen molar-refractivity contribution in [1.29, 1.82) is 0 Å². The Morgan fingerprint density at radius 1 is 0.349 bits per heavy atom. The number of aromatic nitrogens is 4. The van der Waals surface area contributed by atoms with E-state index in [9.17, 15) is 0 Å². The zero-order valence-electron chi connectivity index (χ0n) is 33.7. The molecule has 0 aliphatic heterocycles. The molecule has 13 rings (SSSR count). The number of benzene rings is 9. The minimum Gasteiger partial charge on any atom is -0.456 e. The first-order valence-electron chi connectivity index (χ1n) is 21.1. The first-order chi connectivity index (χ1) is 31.2. The van der Waals surface area contributed by atoms with E-state index in [-0.39, 0.29) is 0 Å². The SMILES string of the molecule is c1ccc(-c2ccc3c(c2)sc2cc(-c4nc(-c5ccccc5)nc(-c5cccc6oc7ccc(-n8c9ccccc9c9c(-c%10ccccc%10)cccc98)cc7c56)n4)ccc23)cc1. The Kier molecular flexibility index (Phi) is 8.01. The van der Waals surface area contributed by atoms with Crippen LogP contribution in [0.5, 0.6) is 0 Å². The summed E-state index contributed by atoms with van der Waals surface area (Å²) >= 11 is 1.80. The van der Waals surface area contributed by atoms with Crippen LogP contribution in [0, 0.1) is 0 Å². The molecule has 4 heterocycles. The number of furan rings is 1. The van der Waals surface area contributed by atoms with E-state index in [4.69, 9.17) is 19.4 Å². The highest BCUT2D eigenvalue weighted by Crippen LogP contribution is 2.43. The maximum atomic E-state index is 6.60. The molecule has 4 aromatic heterocycles. The monoisotopic (exact) mass is 822 g/mol. The maximum Gasteiger partial charge on any atom is 0.164 e. The van der Waals surface area contributed by atoms with Crippen molar-refractivity contribution in [3.63, 3.8) is 0 Å². The van der Waals surface area contributed by atoms with Crippen LogP contribution < -0.4 is 0 Å². The first kappa shape index (κ1) is 35.6. The van der Waals surface area contributed by atoms with Gasteiger partial charge in [0.15, 0.2) is 17.5 Å². The molecular weight excluding hydrogens is 789 g/mol. The summed E-state index contributed by atoms with van der Waals surface area (Å²) in [5, 5.41) is 6.87. The fraction of sp³-hybridized carbons (Fsp3) is 0. The number of hydrogen-bond acceptors (Lipinski definition) is 5. The Bertz CT molecular complexity index is 3910. The molecule has 0 N–H and O–H groups in total. The summed E-state index contributed by atoms with van der Waals surface area (Å²) < 4.78 is 11.4. The predicted molar refractivity (Wildman–Crippen MR) is 262 cm³/mol. The van der Waals surface area contributed by atoms with E-state index in [1.165, 1.54) is 53.2 Å². The summed E-state index contributed by atoms with van der Waals surface area (Å²) in [4.78, 5) is 15.6. The van der Waals surface area contributed by atoms with Gasteiger partial charge in [0.25, 0.3) is 0 Å². The summed E-state index contributed by atoms with van der Waals surface area (Å²) in [5.74, 6) is 1.82. The first-order valence-corrected chi connectivity index (χ1v) is 21.9. The Labute approximate surface area is 365 Å². The number of thiophene rings is 1. The van der Waals surface area contributed by atoms with Gasteiger partial charge in [0.05, 0.1) is 11.0 Å². The van der Waals surface area contributed by atoms with E-state index in [0.29, 0.717) is 17.5 Å². The van der Waals surface area contributed by atoms with Crippen LogP contribution in [-0.2, 0) is 0 Å². The highest BCUT2D eigenvalue weighted by Gasteiger charge is 2.21. The van der Waals surface area contributed by atoms with Crippen LogP contribution in [0.25, 0.3) is 126 Å². The van der Waals surface area contributed by atoms with Gasteiger partial charge in [-0.25, -0.2) is 15.0 Å². The lowest BCUT2D eigenvalue weighted by atomic mass is 9.99. The van der Waals surface area contributed by atoms with Gasteiger partial charge < -0.3 is 8.98 Å². The molecule has 63 heavy (non-hydrogen) atoms. The molecular formula is C57H34N4OS. The summed E-state index contributed by atoms with van der Waals surface area (Å²) in [6, 6.07) is 72.7. The third kappa shape index (κ3) is 5.80. The van der Waals surface area contributed by atoms with Crippen LogP contribution in [-0.4, -0.2) is 19.5 Å².